The third-order valence-corrected chi connectivity index (χ3v) is 5.55. The molecule has 0 unspecified atom stereocenters. The molecule has 0 spiro atoms. The molecule has 140 valence electrons. The van der Waals surface area contributed by atoms with E-state index < -0.39 is 0 Å². The standard InChI is InChI=1S/C20H29N5O/c1-2-25-15-16(14-22-25)20-18(6-5-13-26-20)23-17-8-11-24(12-9-17)19-7-3-4-10-21-19/h3-4,7,10,14-15,17-18,20,23H,2,5-6,8-9,11-13H2,1H3/t18-,20+/m0/s1. The molecular weight excluding hydrogens is 326 g/mol. The summed E-state index contributed by atoms with van der Waals surface area (Å²) in [5.74, 6) is 1.09. The van der Waals surface area contributed by atoms with Crippen molar-refractivity contribution in [1.29, 1.82) is 0 Å². The van der Waals surface area contributed by atoms with Crippen LogP contribution in [-0.4, -0.2) is 46.5 Å². The smallest absolute Gasteiger partial charge is 0.128 e. The zero-order valence-electron chi connectivity index (χ0n) is 15.6. The zero-order chi connectivity index (χ0) is 17.8. The SMILES string of the molecule is CCn1cc([C@H]2OCCC[C@@H]2NC2CCN(c3ccccn3)CC2)cn1. The third kappa shape index (κ3) is 3.91. The Morgan fingerprint density at radius 2 is 2.12 bits per heavy atom. The average molecular weight is 355 g/mol. The van der Waals surface area contributed by atoms with E-state index in [4.69, 9.17) is 4.74 Å². The van der Waals surface area contributed by atoms with Gasteiger partial charge in [-0.2, -0.15) is 5.10 Å². The van der Waals surface area contributed by atoms with Crippen LogP contribution in [0.4, 0.5) is 5.82 Å². The predicted octanol–water partition coefficient (Wildman–Crippen LogP) is 2.78. The van der Waals surface area contributed by atoms with Crippen molar-refractivity contribution in [1.82, 2.24) is 20.1 Å². The molecule has 0 bridgehead atoms. The molecule has 2 saturated heterocycles. The number of anilines is 1. The molecular formula is C20H29N5O. The largest absolute Gasteiger partial charge is 0.372 e. The van der Waals surface area contributed by atoms with E-state index in [1.807, 2.05) is 23.1 Å². The number of aryl methyl sites for hydroxylation is 1. The highest BCUT2D eigenvalue weighted by Gasteiger charge is 2.31. The lowest BCUT2D eigenvalue weighted by molar-refractivity contribution is -0.0147. The fraction of sp³-hybridized carbons (Fsp3) is 0.600. The van der Waals surface area contributed by atoms with Gasteiger partial charge < -0.3 is 15.0 Å². The van der Waals surface area contributed by atoms with Gasteiger partial charge in [0, 0.05) is 56.3 Å². The first kappa shape index (κ1) is 17.5. The monoisotopic (exact) mass is 355 g/mol. The molecule has 6 heteroatoms. The molecule has 0 radical (unpaired) electrons. The van der Waals surface area contributed by atoms with E-state index in [1.54, 1.807) is 0 Å². The van der Waals surface area contributed by atoms with Gasteiger partial charge in [-0.05, 0) is 44.7 Å². The van der Waals surface area contributed by atoms with Gasteiger partial charge in [0.2, 0.25) is 0 Å². The maximum atomic E-state index is 6.13. The number of nitrogens with zero attached hydrogens (tertiary/aromatic N) is 4. The number of ether oxygens (including phenoxy) is 1. The topological polar surface area (TPSA) is 55.2 Å². The third-order valence-electron chi connectivity index (χ3n) is 5.55. The molecule has 2 aromatic heterocycles. The molecule has 2 aromatic rings. The molecule has 0 aromatic carbocycles. The van der Waals surface area contributed by atoms with E-state index in [9.17, 15) is 0 Å². The Morgan fingerprint density at radius 3 is 2.85 bits per heavy atom. The summed E-state index contributed by atoms with van der Waals surface area (Å²) in [5, 5.41) is 8.33. The van der Waals surface area contributed by atoms with Gasteiger partial charge in [-0.3, -0.25) is 4.68 Å². The van der Waals surface area contributed by atoms with Gasteiger partial charge in [0.05, 0.1) is 6.20 Å². The maximum Gasteiger partial charge on any atom is 0.128 e. The van der Waals surface area contributed by atoms with Crippen molar-refractivity contribution in [3.63, 3.8) is 0 Å². The number of rotatable bonds is 5. The molecule has 0 aliphatic carbocycles. The fourth-order valence-electron chi connectivity index (χ4n) is 4.10. The second-order valence-corrected chi connectivity index (χ2v) is 7.29. The lowest BCUT2D eigenvalue weighted by Gasteiger charge is -2.38. The van der Waals surface area contributed by atoms with Crippen LogP contribution in [0.1, 0.15) is 44.3 Å². The first-order chi connectivity index (χ1) is 12.8. The highest BCUT2D eigenvalue weighted by molar-refractivity contribution is 5.38. The van der Waals surface area contributed by atoms with E-state index in [-0.39, 0.29) is 6.10 Å². The van der Waals surface area contributed by atoms with E-state index in [2.05, 4.69) is 45.6 Å². The summed E-state index contributed by atoms with van der Waals surface area (Å²) in [6.07, 6.45) is 10.7. The van der Waals surface area contributed by atoms with Crippen molar-refractivity contribution in [3.8, 4) is 0 Å². The highest BCUT2D eigenvalue weighted by atomic mass is 16.5. The van der Waals surface area contributed by atoms with E-state index >= 15 is 0 Å². The van der Waals surface area contributed by atoms with Gasteiger partial charge in [0.1, 0.15) is 11.9 Å². The summed E-state index contributed by atoms with van der Waals surface area (Å²) in [6, 6.07) is 7.06. The minimum Gasteiger partial charge on any atom is -0.372 e. The second kappa shape index (κ2) is 8.18. The van der Waals surface area contributed by atoms with E-state index in [0.29, 0.717) is 12.1 Å². The summed E-state index contributed by atoms with van der Waals surface area (Å²) >= 11 is 0. The normalized spacial score (nSPS) is 24.7. The molecule has 2 fully saturated rings. The van der Waals surface area contributed by atoms with Crippen LogP contribution in [0.15, 0.2) is 36.8 Å². The zero-order valence-corrected chi connectivity index (χ0v) is 15.6. The number of hydrogen-bond donors (Lipinski definition) is 1. The van der Waals surface area contributed by atoms with Crippen LogP contribution in [-0.2, 0) is 11.3 Å². The summed E-state index contributed by atoms with van der Waals surface area (Å²) < 4.78 is 8.11. The fourth-order valence-corrected chi connectivity index (χ4v) is 4.10. The number of aromatic nitrogens is 3. The van der Waals surface area contributed by atoms with Crippen molar-refractivity contribution in [2.75, 3.05) is 24.6 Å². The van der Waals surface area contributed by atoms with Crippen molar-refractivity contribution in [2.24, 2.45) is 0 Å². The highest BCUT2D eigenvalue weighted by Crippen LogP contribution is 2.29. The Balaban J connectivity index is 1.35. The van der Waals surface area contributed by atoms with Crippen LogP contribution in [0.2, 0.25) is 0 Å². The summed E-state index contributed by atoms with van der Waals surface area (Å²) in [7, 11) is 0. The molecule has 4 heterocycles. The molecule has 0 amide bonds. The van der Waals surface area contributed by atoms with Crippen LogP contribution in [0.5, 0.6) is 0 Å². The van der Waals surface area contributed by atoms with Gasteiger partial charge in [-0.1, -0.05) is 6.07 Å². The molecule has 2 aliphatic heterocycles. The summed E-state index contributed by atoms with van der Waals surface area (Å²) in [6.45, 7) is 5.97. The van der Waals surface area contributed by atoms with Crippen molar-refractivity contribution in [3.05, 3.63) is 42.4 Å². The summed E-state index contributed by atoms with van der Waals surface area (Å²) in [5.41, 5.74) is 1.20. The van der Waals surface area contributed by atoms with Gasteiger partial charge in [0.15, 0.2) is 0 Å². The Hall–Kier alpha value is -1.92. The molecule has 1 N–H and O–H groups in total. The Morgan fingerprint density at radius 1 is 1.23 bits per heavy atom. The number of piperidine rings is 1. The molecule has 4 rings (SSSR count). The minimum absolute atomic E-state index is 0.123. The van der Waals surface area contributed by atoms with Gasteiger partial charge in [0.25, 0.3) is 0 Å². The average Bonchev–Trinajstić information content (AvgIpc) is 3.19. The number of hydrogen-bond acceptors (Lipinski definition) is 5. The van der Waals surface area contributed by atoms with Crippen molar-refractivity contribution in [2.45, 2.75) is 57.3 Å². The quantitative estimate of drug-likeness (QED) is 0.894. The van der Waals surface area contributed by atoms with Crippen molar-refractivity contribution >= 4 is 5.82 Å². The summed E-state index contributed by atoms with van der Waals surface area (Å²) in [4.78, 5) is 6.87. The van der Waals surface area contributed by atoms with Crippen LogP contribution >= 0.6 is 0 Å². The predicted molar refractivity (Wildman–Crippen MR) is 102 cm³/mol. The molecule has 2 aliphatic rings. The van der Waals surface area contributed by atoms with Crippen LogP contribution in [0, 0.1) is 0 Å². The Kier molecular flexibility index (Phi) is 5.51. The Labute approximate surface area is 155 Å². The Bertz CT molecular complexity index is 681. The first-order valence-corrected chi connectivity index (χ1v) is 9.89. The van der Waals surface area contributed by atoms with E-state index in [1.165, 1.54) is 12.0 Å². The minimum atomic E-state index is 0.123. The maximum absolute atomic E-state index is 6.13. The number of pyridine rings is 1. The first-order valence-electron chi connectivity index (χ1n) is 9.89. The van der Waals surface area contributed by atoms with Crippen LogP contribution in [0.25, 0.3) is 0 Å². The molecule has 6 nitrogen and oxygen atoms in total. The second-order valence-electron chi connectivity index (χ2n) is 7.29. The number of nitrogens with one attached hydrogen (secondary N) is 1. The van der Waals surface area contributed by atoms with Crippen LogP contribution in [0.3, 0.4) is 0 Å². The molecule has 2 atom stereocenters. The lowest BCUT2D eigenvalue weighted by Crippen LogP contribution is -2.49. The van der Waals surface area contributed by atoms with E-state index in [0.717, 1.165) is 51.3 Å². The molecule has 0 saturated carbocycles. The van der Waals surface area contributed by atoms with Gasteiger partial charge in [-0.25, -0.2) is 4.98 Å². The van der Waals surface area contributed by atoms with Crippen LogP contribution < -0.4 is 10.2 Å². The lowest BCUT2D eigenvalue weighted by atomic mass is 9.95. The molecule has 26 heavy (non-hydrogen) atoms. The van der Waals surface area contributed by atoms with Crippen molar-refractivity contribution < 1.29 is 4.74 Å². The van der Waals surface area contributed by atoms with Gasteiger partial charge in [-0.15, -0.1) is 0 Å². The van der Waals surface area contributed by atoms with Gasteiger partial charge >= 0.3 is 0 Å².